The van der Waals surface area contributed by atoms with Crippen molar-refractivity contribution < 1.29 is 4.79 Å². The highest BCUT2D eigenvalue weighted by molar-refractivity contribution is 8.00. The lowest BCUT2D eigenvalue weighted by atomic mass is 9.83. The molecule has 2 N–H and O–H groups in total. The van der Waals surface area contributed by atoms with E-state index < -0.39 is 0 Å². The summed E-state index contributed by atoms with van der Waals surface area (Å²) in [7, 11) is 0. The first-order chi connectivity index (χ1) is 9.74. The number of amides is 1. The fraction of sp³-hybridized carbons (Fsp3) is 0.562. The van der Waals surface area contributed by atoms with E-state index in [1.807, 2.05) is 23.9 Å². The molecule has 4 heteroatoms. The molecule has 1 aromatic rings. The molecule has 1 atom stereocenters. The van der Waals surface area contributed by atoms with Gasteiger partial charge in [-0.05, 0) is 30.2 Å². The third kappa shape index (κ3) is 2.59. The fourth-order valence-corrected chi connectivity index (χ4v) is 4.04. The summed E-state index contributed by atoms with van der Waals surface area (Å²) in [5.74, 6) is 0.129. The first-order valence-corrected chi connectivity index (χ1v) is 8.58. The number of rotatable bonds is 4. The van der Waals surface area contributed by atoms with E-state index in [-0.39, 0.29) is 11.8 Å². The highest BCUT2D eigenvalue weighted by atomic mass is 32.2. The zero-order valence-corrected chi connectivity index (χ0v) is 12.8. The minimum absolute atomic E-state index is 0.0427. The van der Waals surface area contributed by atoms with Crippen LogP contribution in [-0.2, 0) is 11.3 Å². The van der Waals surface area contributed by atoms with Gasteiger partial charge in [0.05, 0.1) is 5.92 Å². The average Bonchev–Trinajstić information content (AvgIpc) is 2.46. The SMILES string of the molecule is CSC1(CNC(=O)C2CNCc3ccccc32)CCC1. The summed E-state index contributed by atoms with van der Waals surface area (Å²) in [4.78, 5) is 12.5. The number of carbonyl (C=O) groups excluding carboxylic acids is 1. The molecule has 108 valence electrons. The van der Waals surface area contributed by atoms with Gasteiger partial charge in [0.1, 0.15) is 0 Å². The number of nitrogens with one attached hydrogen (secondary N) is 2. The molecule has 1 saturated carbocycles. The molecule has 0 spiro atoms. The molecule has 1 aliphatic heterocycles. The maximum atomic E-state index is 12.5. The van der Waals surface area contributed by atoms with Crippen LogP contribution in [0.3, 0.4) is 0 Å². The number of thioether (sulfide) groups is 1. The molecule has 0 bridgehead atoms. The second-order valence-corrected chi connectivity index (χ2v) is 7.12. The van der Waals surface area contributed by atoms with Crippen molar-refractivity contribution in [2.24, 2.45) is 0 Å². The molecule has 3 nitrogen and oxygen atoms in total. The monoisotopic (exact) mass is 290 g/mol. The fourth-order valence-electron chi connectivity index (χ4n) is 3.13. The van der Waals surface area contributed by atoms with Gasteiger partial charge >= 0.3 is 0 Å². The van der Waals surface area contributed by atoms with Crippen LogP contribution in [0.25, 0.3) is 0 Å². The van der Waals surface area contributed by atoms with Crippen molar-refractivity contribution >= 4 is 17.7 Å². The molecule has 1 unspecified atom stereocenters. The molecule has 0 aromatic heterocycles. The summed E-state index contributed by atoms with van der Waals surface area (Å²) in [5.41, 5.74) is 2.44. The number of fused-ring (bicyclic) bond motifs is 1. The van der Waals surface area contributed by atoms with Crippen LogP contribution in [0.1, 0.15) is 36.3 Å². The Bertz CT molecular complexity index is 493. The van der Waals surface area contributed by atoms with Crippen molar-refractivity contribution in [1.29, 1.82) is 0 Å². The maximum absolute atomic E-state index is 12.5. The van der Waals surface area contributed by atoms with Gasteiger partial charge in [0.15, 0.2) is 0 Å². The average molecular weight is 290 g/mol. The van der Waals surface area contributed by atoms with Crippen molar-refractivity contribution in [2.45, 2.75) is 36.5 Å². The van der Waals surface area contributed by atoms with E-state index in [9.17, 15) is 4.79 Å². The second kappa shape index (κ2) is 5.78. The van der Waals surface area contributed by atoms with Crippen LogP contribution in [0.15, 0.2) is 24.3 Å². The molecule has 1 aliphatic carbocycles. The van der Waals surface area contributed by atoms with Gasteiger partial charge in [-0.25, -0.2) is 0 Å². The molecule has 1 amide bonds. The topological polar surface area (TPSA) is 41.1 Å². The minimum Gasteiger partial charge on any atom is -0.354 e. The first kappa shape index (κ1) is 14.0. The predicted octanol–water partition coefficient (Wildman–Crippen LogP) is 2.28. The van der Waals surface area contributed by atoms with Gasteiger partial charge in [-0.3, -0.25) is 4.79 Å². The number of hydrogen-bond donors (Lipinski definition) is 2. The second-order valence-electron chi connectivity index (χ2n) is 5.84. The van der Waals surface area contributed by atoms with Gasteiger partial charge in [-0.1, -0.05) is 30.7 Å². The zero-order valence-electron chi connectivity index (χ0n) is 11.9. The van der Waals surface area contributed by atoms with Crippen molar-refractivity contribution in [3.63, 3.8) is 0 Å². The Morgan fingerprint density at radius 1 is 1.45 bits per heavy atom. The first-order valence-electron chi connectivity index (χ1n) is 7.35. The third-order valence-corrected chi connectivity index (χ3v) is 6.11. The smallest absolute Gasteiger partial charge is 0.228 e. The van der Waals surface area contributed by atoms with Gasteiger partial charge in [-0.15, -0.1) is 0 Å². The Morgan fingerprint density at radius 3 is 2.95 bits per heavy atom. The van der Waals surface area contributed by atoms with E-state index in [4.69, 9.17) is 0 Å². The summed E-state index contributed by atoms with van der Waals surface area (Å²) in [5, 5.41) is 6.53. The summed E-state index contributed by atoms with van der Waals surface area (Å²) >= 11 is 1.90. The van der Waals surface area contributed by atoms with Gasteiger partial charge in [0, 0.05) is 24.4 Å². The Kier molecular flexibility index (Phi) is 4.03. The highest BCUT2D eigenvalue weighted by Crippen LogP contribution is 2.42. The van der Waals surface area contributed by atoms with E-state index in [0.717, 1.165) is 19.6 Å². The van der Waals surface area contributed by atoms with Crippen molar-refractivity contribution in [3.05, 3.63) is 35.4 Å². The molecule has 0 radical (unpaired) electrons. The minimum atomic E-state index is -0.0427. The molecular weight excluding hydrogens is 268 g/mol. The molecule has 3 rings (SSSR count). The van der Waals surface area contributed by atoms with E-state index >= 15 is 0 Å². The van der Waals surface area contributed by atoms with Crippen LogP contribution >= 0.6 is 11.8 Å². The van der Waals surface area contributed by atoms with E-state index in [2.05, 4.69) is 29.0 Å². The standard InChI is InChI=1S/C16H22N2OS/c1-20-16(7-4-8-16)11-18-15(19)14-10-17-9-12-5-2-3-6-13(12)14/h2-3,5-6,14,17H,4,7-11H2,1H3,(H,18,19). The van der Waals surface area contributed by atoms with Gasteiger partial charge in [-0.2, -0.15) is 11.8 Å². The molecular formula is C16H22N2OS. The van der Waals surface area contributed by atoms with Crippen LogP contribution < -0.4 is 10.6 Å². The van der Waals surface area contributed by atoms with Crippen molar-refractivity contribution in [3.8, 4) is 0 Å². The number of carbonyl (C=O) groups is 1. The molecule has 1 heterocycles. The highest BCUT2D eigenvalue weighted by Gasteiger charge is 2.37. The normalized spacial score (nSPS) is 23.6. The number of hydrogen-bond acceptors (Lipinski definition) is 3. The van der Waals surface area contributed by atoms with Crippen molar-refractivity contribution in [2.75, 3.05) is 19.3 Å². The van der Waals surface area contributed by atoms with Gasteiger partial charge in [0.25, 0.3) is 0 Å². The quantitative estimate of drug-likeness (QED) is 0.894. The zero-order chi connectivity index (χ0) is 14.0. The summed E-state index contributed by atoms with van der Waals surface area (Å²) in [6.07, 6.45) is 5.91. The van der Waals surface area contributed by atoms with Gasteiger partial charge < -0.3 is 10.6 Å². The third-order valence-electron chi connectivity index (χ3n) is 4.69. The van der Waals surface area contributed by atoms with Crippen LogP contribution in [0.4, 0.5) is 0 Å². The largest absolute Gasteiger partial charge is 0.354 e. The molecule has 0 saturated heterocycles. The lowest BCUT2D eigenvalue weighted by molar-refractivity contribution is -0.122. The lowest BCUT2D eigenvalue weighted by Crippen LogP contribution is -2.48. The van der Waals surface area contributed by atoms with E-state index in [1.165, 1.54) is 30.4 Å². The summed E-state index contributed by atoms with van der Waals surface area (Å²) < 4.78 is 0.303. The molecule has 2 aliphatic rings. The predicted molar refractivity (Wildman–Crippen MR) is 84.0 cm³/mol. The van der Waals surface area contributed by atoms with Crippen LogP contribution in [0, 0.1) is 0 Å². The molecule has 1 fully saturated rings. The van der Waals surface area contributed by atoms with Gasteiger partial charge in [0.2, 0.25) is 5.91 Å². The van der Waals surface area contributed by atoms with Crippen molar-refractivity contribution in [1.82, 2.24) is 10.6 Å². The van der Waals surface area contributed by atoms with Crippen LogP contribution in [-0.4, -0.2) is 30.0 Å². The Labute approximate surface area is 124 Å². The van der Waals surface area contributed by atoms with E-state index in [0.29, 0.717) is 4.75 Å². The Hall–Kier alpha value is -1.00. The lowest BCUT2D eigenvalue weighted by Gasteiger charge is -2.40. The maximum Gasteiger partial charge on any atom is 0.228 e. The van der Waals surface area contributed by atoms with Crippen LogP contribution in [0.2, 0.25) is 0 Å². The Balaban J connectivity index is 1.66. The summed E-state index contributed by atoms with van der Waals surface area (Å²) in [6.45, 7) is 2.43. The van der Waals surface area contributed by atoms with Crippen LogP contribution in [0.5, 0.6) is 0 Å². The summed E-state index contributed by atoms with van der Waals surface area (Å²) in [6, 6.07) is 8.27. The van der Waals surface area contributed by atoms with E-state index in [1.54, 1.807) is 0 Å². The number of benzene rings is 1. The Morgan fingerprint density at radius 2 is 2.25 bits per heavy atom. The molecule has 1 aromatic carbocycles. The molecule has 20 heavy (non-hydrogen) atoms.